The van der Waals surface area contributed by atoms with E-state index in [1.54, 1.807) is 31.4 Å². The fourth-order valence-corrected chi connectivity index (χ4v) is 4.18. The summed E-state index contributed by atoms with van der Waals surface area (Å²) in [7, 11) is 1.56. The zero-order chi connectivity index (χ0) is 23.1. The topological polar surface area (TPSA) is 71.3 Å². The molecule has 0 aliphatic rings. The third kappa shape index (κ3) is 6.34. The number of anilines is 1. The average molecular weight is 603 g/mol. The number of carbonyl (C=O) groups is 1. The van der Waals surface area contributed by atoms with E-state index in [-0.39, 0.29) is 5.57 Å². The van der Waals surface area contributed by atoms with Crippen LogP contribution < -0.4 is 14.8 Å². The first-order valence-electron chi connectivity index (χ1n) is 9.64. The Kier molecular flexibility index (Phi) is 8.31. The van der Waals surface area contributed by atoms with Crippen molar-refractivity contribution in [3.8, 4) is 17.6 Å². The van der Waals surface area contributed by atoms with Gasteiger partial charge in [-0.3, -0.25) is 4.79 Å². The first-order chi connectivity index (χ1) is 15.4. The maximum absolute atomic E-state index is 12.6. The molecule has 32 heavy (non-hydrogen) atoms. The summed E-state index contributed by atoms with van der Waals surface area (Å²) >= 11 is 5.52. The highest BCUT2D eigenvalue weighted by molar-refractivity contribution is 14.1. The SMILES string of the molecule is COc1cc(/C=C(/C#N)C(=O)Nc2cccc(Br)c2)cc(I)c1OCc1cccc(C)c1. The number of nitriles is 1. The minimum atomic E-state index is -0.487. The third-order valence-electron chi connectivity index (χ3n) is 4.48. The third-order valence-corrected chi connectivity index (χ3v) is 5.77. The van der Waals surface area contributed by atoms with Gasteiger partial charge in [-0.15, -0.1) is 0 Å². The van der Waals surface area contributed by atoms with E-state index in [0.717, 1.165) is 13.6 Å². The van der Waals surface area contributed by atoms with Gasteiger partial charge in [-0.1, -0.05) is 51.8 Å². The number of halogens is 2. The Morgan fingerprint density at radius 1 is 1.19 bits per heavy atom. The molecule has 3 aromatic carbocycles. The van der Waals surface area contributed by atoms with Gasteiger partial charge in [-0.05, 0) is 77.0 Å². The number of aryl methyl sites for hydroxylation is 1. The van der Waals surface area contributed by atoms with E-state index in [1.165, 1.54) is 11.6 Å². The number of ether oxygens (including phenoxy) is 2. The minimum Gasteiger partial charge on any atom is -0.493 e. The molecule has 3 aromatic rings. The Morgan fingerprint density at radius 2 is 1.97 bits per heavy atom. The van der Waals surface area contributed by atoms with Gasteiger partial charge < -0.3 is 14.8 Å². The van der Waals surface area contributed by atoms with E-state index in [4.69, 9.17) is 9.47 Å². The van der Waals surface area contributed by atoms with Gasteiger partial charge in [0.25, 0.3) is 5.91 Å². The number of rotatable bonds is 7. The molecule has 1 N–H and O–H groups in total. The van der Waals surface area contributed by atoms with Crippen molar-refractivity contribution >= 4 is 56.2 Å². The van der Waals surface area contributed by atoms with Crippen LogP contribution in [0.2, 0.25) is 0 Å². The lowest BCUT2D eigenvalue weighted by molar-refractivity contribution is -0.112. The molecule has 0 fully saturated rings. The van der Waals surface area contributed by atoms with E-state index in [0.29, 0.717) is 29.4 Å². The summed E-state index contributed by atoms with van der Waals surface area (Å²) in [5.74, 6) is 0.656. The second kappa shape index (κ2) is 11.2. The van der Waals surface area contributed by atoms with Crippen molar-refractivity contribution in [2.24, 2.45) is 0 Å². The molecular formula is C25H20BrIN2O3. The first kappa shape index (κ1) is 23.8. The monoisotopic (exact) mass is 602 g/mol. The normalized spacial score (nSPS) is 10.9. The fourth-order valence-electron chi connectivity index (χ4n) is 3.00. The van der Waals surface area contributed by atoms with Crippen molar-refractivity contribution in [2.75, 3.05) is 12.4 Å². The van der Waals surface area contributed by atoms with E-state index in [9.17, 15) is 10.1 Å². The molecule has 0 aliphatic carbocycles. The standard InChI is InChI=1S/C25H20BrIN2O3/c1-16-5-3-6-17(9-16)15-32-24-22(27)11-18(12-23(24)31-2)10-19(14-28)25(30)29-21-8-4-7-20(26)13-21/h3-13H,15H2,1-2H3,(H,29,30)/b19-10-. The molecule has 0 bridgehead atoms. The van der Waals surface area contributed by atoms with E-state index in [1.807, 2.05) is 43.3 Å². The van der Waals surface area contributed by atoms with Crippen LogP contribution in [0.5, 0.6) is 11.5 Å². The predicted octanol–water partition coefficient (Wildman–Crippen LogP) is 6.50. The molecule has 162 valence electrons. The quantitative estimate of drug-likeness (QED) is 0.190. The Balaban J connectivity index is 1.82. The summed E-state index contributed by atoms with van der Waals surface area (Å²) in [6.45, 7) is 2.44. The highest BCUT2D eigenvalue weighted by atomic mass is 127. The maximum Gasteiger partial charge on any atom is 0.266 e. The van der Waals surface area contributed by atoms with Crippen LogP contribution >= 0.6 is 38.5 Å². The van der Waals surface area contributed by atoms with Crippen molar-refractivity contribution in [1.29, 1.82) is 5.26 Å². The molecular weight excluding hydrogens is 583 g/mol. The van der Waals surface area contributed by atoms with Crippen molar-refractivity contribution < 1.29 is 14.3 Å². The molecule has 0 unspecified atom stereocenters. The van der Waals surface area contributed by atoms with Gasteiger partial charge in [0.15, 0.2) is 11.5 Å². The summed E-state index contributed by atoms with van der Waals surface area (Å²) in [4.78, 5) is 12.6. The van der Waals surface area contributed by atoms with E-state index in [2.05, 4.69) is 49.9 Å². The molecule has 0 aliphatic heterocycles. The molecule has 0 saturated heterocycles. The molecule has 0 spiro atoms. The number of nitrogens with one attached hydrogen (secondary N) is 1. The Hall–Kier alpha value is -2.83. The van der Waals surface area contributed by atoms with Gasteiger partial charge in [0, 0.05) is 10.2 Å². The number of nitrogens with zero attached hydrogens (tertiary/aromatic N) is 1. The van der Waals surface area contributed by atoms with Crippen molar-refractivity contribution in [3.05, 3.63) is 91.0 Å². The first-order valence-corrected chi connectivity index (χ1v) is 11.5. The van der Waals surface area contributed by atoms with Crippen LogP contribution in [0.15, 0.2) is 70.7 Å². The zero-order valence-electron chi connectivity index (χ0n) is 17.5. The number of carbonyl (C=O) groups excluding carboxylic acids is 1. The smallest absolute Gasteiger partial charge is 0.266 e. The van der Waals surface area contributed by atoms with Crippen molar-refractivity contribution in [3.63, 3.8) is 0 Å². The number of benzene rings is 3. The van der Waals surface area contributed by atoms with E-state index < -0.39 is 5.91 Å². The number of amides is 1. The lowest BCUT2D eigenvalue weighted by Crippen LogP contribution is -2.13. The average Bonchev–Trinajstić information content (AvgIpc) is 2.76. The summed E-state index contributed by atoms with van der Waals surface area (Å²) in [6, 6.07) is 20.8. The highest BCUT2D eigenvalue weighted by Crippen LogP contribution is 2.35. The lowest BCUT2D eigenvalue weighted by atomic mass is 10.1. The second-order valence-corrected chi connectivity index (χ2v) is 9.02. The Labute approximate surface area is 209 Å². The van der Waals surface area contributed by atoms with Gasteiger partial charge in [0.2, 0.25) is 0 Å². The molecule has 7 heteroatoms. The number of methoxy groups -OCH3 is 1. The largest absolute Gasteiger partial charge is 0.493 e. The van der Waals surface area contributed by atoms with E-state index >= 15 is 0 Å². The number of hydrogen-bond donors (Lipinski definition) is 1. The molecule has 0 aromatic heterocycles. The fraction of sp³-hybridized carbons (Fsp3) is 0.120. The Morgan fingerprint density at radius 3 is 2.66 bits per heavy atom. The van der Waals surface area contributed by atoms with Crippen molar-refractivity contribution in [2.45, 2.75) is 13.5 Å². The summed E-state index contributed by atoms with van der Waals surface area (Å²) in [5, 5.41) is 12.3. The minimum absolute atomic E-state index is 0.0174. The van der Waals surface area contributed by atoms with Gasteiger partial charge in [0.1, 0.15) is 18.2 Å². The highest BCUT2D eigenvalue weighted by Gasteiger charge is 2.14. The summed E-state index contributed by atoms with van der Waals surface area (Å²) in [6.07, 6.45) is 1.53. The van der Waals surface area contributed by atoms with Crippen LogP contribution in [0.1, 0.15) is 16.7 Å². The summed E-state index contributed by atoms with van der Waals surface area (Å²) in [5.41, 5.74) is 3.46. The molecule has 5 nitrogen and oxygen atoms in total. The van der Waals surface area contributed by atoms with Crippen LogP contribution in [0.25, 0.3) is 6.08 Å². The summed E-state index contributed by atoms with van der Waals surface area (Å²) < 4.78 is 13.2. The molecule has 3 rings (SSSR count). The van der Waals surface area contributed by atoms with Crippen LogP contribution in [-0.2, 0) is 11.4 Å². The molecule has 0 heterocycles. The Bertz CT molecular complexity index is 1220. The number of hydrogen-bond acceptors (Lipinski definition) is 4. The predicted molar refractivity (Wildman–Crippen MR) is 138 cm³/mol. The molecule has 0 saturated carbocycles. The van der Waals surface area contributed by atoms with Gasteiger partial charge in [-0.2, -0.15) is 5.26 Å². The van der Waals surface area contributed by atoms with Crippen LogP contribution in [0.4, 0.5) is 5.69 Å². The second-order valence-electron chi connectivity index (χ2n) is 6.95. The van der Waals surface area contributed by atoms with Gasteiger partial charge in [0.05, 0.1) is 10.7 Å². The zero-order valence-corrected chi connectivity index (χ0v) is 21.2. The van der Waals surface area contributed by atoms with Crippen LogP contribution in [0.3, 0.4) is 0 Å². The molecule has 0 radical (unpaired) electrons. The van der Waals surface area contributed by atoms with Crippen molar-refractivity contribution in [1.82, 2.24) is 0 Å². The van der Waals surface area contributed by atoms with Crippen LogP contribution in [0, 0.1) is 21.8 Å². The molecule has 1 amide bonds. The molecule has 0 atom stereocenters. The van der Waals surface area contributed by atoms with Gasteiger partial charge in [-0.25, -0.2) is 0 Å². The lowest BCUT2D eigenvalue weighted by Gasteiger charge is -2.14. The van der Waals surface area contributed by atoms with Crippen LogP contribution in [-0.4, -0.2) is 13.0 Å². The maximum atomic E-state index is 12.6. The van der Waals surface area contributed by atoms with Gasteiger partial charge >= 0.3 is 0 Å².